The van der Waals surface area contributed by atoms with E-state index in [1.807, 2.05) is 18.2 Å². The maximum Gasteiger partial charge on any atom is 0.241 e. The van der Waals surface area contributed by atoms with Crippen LogP contribution in [-0.2, 0) is 9.53 Å². The third-order valence-electron chi connectivity index (χ3n) is 3.26. The molecule has 0 radical (unpaired) electrons. The van der Waals surface area contributed by atoms with Crippen LogP contribution in [0.25, 0.3) is 0 Å². The average molecular weight is 278 g/mol. The second-order valence-corrected chi connectivity index (χ2v) is 5.07. The Hall–Kier alpha value is -1.59. The fraction of sp³-hybridized carbons (Fsp3) is 0.533. The van der Waals surface area contributed by atoms with Crippen LogP contribution < -0.4 is 15.8 Å². The summed E-state index contributed by atoms with van der Waals surface area (Å²) in [6.07, 6.45) is 3.46. The highest BCUT2D eigenvalue weighted by atomic mass is 16.5. The summed E-state index contributed by atoms with van der Waals surface area (Å²) >= 11 is 0. The molecule has 1 saturated heterocycles. The maximum absolute atomic E-state index is 11.7. The number of hydrogen-bond donors (Lipinski definition) is 2. The van der Waals surface area contributed by atoms with Gasteiger partial charge in [-0.3, -0.25) is 4.79 Å². The molecule has 20 heavy (non-hydrogen) atoms. The van der Waals surface area contributed by atoms with Crippen molar-refractivity contribution in [1.29, 1.82) is 0 Å². The van der Waals surface area contributed by atoms with Gasteiger partial charge in [0.2, 0.25) is 5.91 Å². The molecule has 2 atom stereocenters. The van der Waals surface area contributed by atoms with Gasteiger partial charge in [-0.1, -0.05) is 12.1 Å². The number of rotatable bonds is 5. The number of nitrogens with two attached hydrogens (primary N) is 1. The molecule has 1 aromatic carbocycles. The van der Waals surface area contributed by atoms with Gasteiger partial charge >= 0.3 is 0 Å². The lowest BCUT2D eigenvalue weighted by Crippen LogP contribution is -2.32. The number of hydrogen-bond acceptors (Lipinski definition) is 4. The molecular formula is C15H22N2O3. The maximum atomic E-state index is 11.7. The molecule has 0 spiro atoms. The average Bonchev–Trinajstić information content (AvgIpc) is 2.47. The van der Waals surface area contributed by atoms with Crippen LogP contribution in [-0.4, -0.2) is 31.3 Å². The number of carbonyl (C=O) groups excluding carboxylic acids is 1. The largest absolute Gasteiger partial charge is 0.489 e. The molecule has 1 fully saturated rings. The van der Waals surface area contributed by atoms with Crippen LogP contribution in [0.5, 0.6) is 5.75 Å². The standard InChI is InChI=1S/C15H22N2O3/c1-11(16)15(18)17-13-7-2-3-8-14(13)20-10-12-6-4-5-9-19-12/h2-3,7-8,11-12H,4-6,9-10,16H2,1H3,(H,17,18)/t11-,12?/m0/s1. The summed E-state index contributed by atoms with van der Waals surface area (Å²) < 4.78 is 11.4. The van der Waals surface area contributed by atoms with E-state index in [0.29, 0.717) is 18.0 Å². The number of para-hydroxylation sites is 2. The highest BCUT2D eigenvalue weighted by Crippen LogP contribution is 2.25. The molecule has 1 unspecified atom stereocenters. The minimum absolute atomic E-state index is 0.140. The Bertz CT molecular complexity index is 442. The topological polar surface area (TPSA) is 73.6 Å². The fourth-order valence-electron chi connectivity index (χ4n) is 2.06. The van der Waals surface area contributed by atoms with E-state index >= 15 is 0 Å². The Morgan fingerprint density at radius 3 is 3.00 bits per heavy atom. The molecule has 0 bridgehead atoms. The van der Waals surface area contributed by atoms with Gasteiger partial charge in [-0.15, -0.1) is 0 Å². The third-order valence-corrected chi connectivity index (χ3v) is 3.26. The number of benzene rings is 1. The summed E-state index contributed by atoms with van der Waals surface area (Å²) in [6, 6.07) is 6.81. The Morgan fingerprint density at radius 2 is 2.30 bits per heavy atom. The summed E-state index contributed by atoms with van der Waals surface area (Å²) in [5.74, 6) is 0.422. The van der Waals surface area contributed by atoms with Gasteiger partial charge < -0.3 is 20.5 Å². The summed E-state index contributed by atoms with van der Waals surface area (Å²) in [5, 5.41) is 2.77. The van der Waals surface area contributed by atoms with E-state index in [0.717, 1.165) is 19.4 Å². The fourth-order valence-corrected chi connectivity index (χ4v) is 2.06. The molecule has 1 aromatic rings. The molecule has 1 amide bonds. The first-order valence-corrected chi connectivity index (χ1v) is 7.06. The van der Waals surface area contributed by atoms with Crippen molar-refractivity contribution in [2.45, 2.75) is 38.3 Å². The minimum Gasteiger partial charge on any atom is -0.489 e. The van der Waals surface area contributed by atoms with Crippen molar-refractivity contribution >= 4 is 11.6 Å². The van der Waals surface area contributed by atoms with Gasteiger partial charge in [-0.05, 0) is 38.3 Å². The van der Waals surface area contributed by atoms with Gasteiger partial charge in [-0.25, -0.2) is 0 Å². The number of amides is 1. The molecule has 1 aliphatic heterocycles. The number of carbonyl (C=O) groups is 1. The third kappa shape index (κ3) is 4.21. The first-order valence-electron chi connectivity index (χ1n) is 7.06. The Balaban J connectivity index is 1.94. The van der Waals surface area contributed by atoms with Crippen molar-refractivity contribution in [1.82, 2.24) is 0 Å². The molecule has 2 rings (SSSR count). The minimum atomic E-state index is -0.551. The summed E-state index contributed by atoms with van der Waals surface area (Å²) in [5.41, 5.74) is 6.20. The lowest BCUT2D eigenvalue weighted by molar-refractivity contribution is -0.117. The van der Waals surface area contributed by atoms with Crippen LogP contribution >= 0.6 is 0 Å². The van der Waals surface area contributed by atoms with Crippen molar-refractivity contribution < 1.29 is 14.3 Å². The highest BCUT2D eigenvalue weighted by molar-refractivity contribution is 5.95. The Morgan fingerprint density at radius 1 is 1.50 bits per heavy atom. The molecule has 0 aromatic heterocycles. The number of anilines is 1. The molecule has 5 heteroatoms. The van der Waals surface area contributed by atoms with E-state index in [1.165, 1.54) is 6.42 Å². The monoisotopic (exact) mass is 278 g/mol. The summed E-state index contributed by atoms with van der Waals surface area (Å²) in [6.45, 7) is 2.96. The van der Waals surface area contributed by atoms with Gasteiger partial charge in [0.1, 0.15) is 12.4 Å². The molecule has 1 aliphatic rings. The van der Waals surface area contributed by atoms with Gasteiger partial charge in [0.15, 0.2) is 0 Å². The van der Waals surface area contributed by atoms with E-state index in [1.54, 1.807) is 13.0 Å². The molecule has 5 nitrogen and oxygen atoms in total. The Kier molecular flexibility index (Phi) is 5.38. The van der Waals surface area contributed by atoms with Crippen LogP contribution in [0.3, 0.4) is 0 Å². The second-order valence-electron chi connectivity index (χ2n) is 5.07. The quantitative estimate of drug-likeness (QED) is 0.863. The van der Waals surface area contributed by atoms with Crippen LogP contribution in [0.2, 0.25) is 0 Å². The van der Waals surface area contributed by atoms with E-state index in [9.17, 15) is 4.79 Å². The van der Waals surface area contributed by atoms with Gasteiger partial charge in [-0.2, -0.15) is 0 Å². The smallest absolute Gasteiger partial charge is 0.241 e. The second kappa shape index (κ2) is 7.26. The van der Waals surface area contributed by atoms with Gasteiger partial charge in [0, 0.05) is 6.61 Å². The molecule has 110 valence electrons. The van der Waals surface area contributed by atoms with E-state index in [-0.39, 0.29) is 12.0 Å². The summed E-state index contributed by atoms with van der Waals surface area (Å²) in [4.78, 5) is 11.7. The van der Waals surface area contributed by atoms with Crippen molar-refractivity contribution in [3.63, 3.8) is 0 Å². The first kappa shape index (κ1) is 14.8. The Labute approximate surface area is 119 Å². The number of ether oxygens (including phenoxy) is 2. The predicted molar refractivity (Wildman–Crippen MR) is 77.8 cm³/mol. The van der Waals surface area contributed by atoms with Crippen molar-refractivity contribution in [2.75, 3.05) is 18.5 Å². The normalized spacial score (nSPS) is 20.2. The van der Waals surface area contributed by atoms with Crippen molar-refractivity contribution in [3.05, 3.63) is 24.3 Å². The van der Waals surface area contributed by atoms with Crippen molar-refractivity contribution in [3.8, 4) is 5.75 Å². The van der Waals surface area contributed by atoms with E-state index < -0.39 is 6.04 Å². The molecule has 1 heterocycles. The SMILES string of the molecule is C[C@H](N)C(=O)Nc1ccccc1OCC1CCCCO1. The van der Waals surface area contributed by atoms with Crippen LogP contribution in [0.1, 0.15) is 26.2 Å². The zero-order chi connectivity index (χ0) is 14.4. The lowest BCUT2D eigenvalue weighted by atomic mass is 10.1. The zero-order valence-electron chi connectivity index (χ0n) is 11.8. The van der Waals surface area contributed by atoms with Crippen LogP contribution in [0.15, 0.2) is 24.3 Å². The van der Waals surface area contributed by atoms with E-state index in [4.69, 9.17) is 15.2 Å². The van der Waals surface area contributed by atoms with Crippen LogP contribution in [0.4, 0.5) is 5.69 Å². The lowest BCUT2D eigenvalue weighted by Gasteiger charge is -2.23. The zero-order valence-corrected chi connectivity index (χ0v) is 11.8. The molecular weight excluding hydrogens is 256 g/mol. The predicted octanol–water partition coefficient (Wildman–Crippen LogP) is 1.92. The van der Waals surface area contributed by atoms with Crippen molar-refractivity contribution in [2.24, 2.45) is 5.73 Å². The van der Waals surface area contributed by atoms with Gasteiger partial charge in [0.25, 0.3) is 0 Å². The summed E-state index contributed by atoms with van der Waals surface area (Å²) in [7, 11) is 0. The number of nitrogens with one attached hydrogen (secondary N) is 1. The van der Waals surface area contributed by atoms with E-state index in [2.05, 4.69) is 5.32 Å². The molecule has 3 N–H and O–H groups in total. The highest BCUT2D eigenvalue weighted by Gasteiger charge is 2.16. The molecule has 0 aliphatic carbocycles. The van der Waals surface area contributed by atoms with Gasteiger partial charge in [0.05, 0.1) is 17.8 Å². The van der Waals surface area contributed by atoms with Crippen LogP contribution in [0, 0.1) is 0 Å². The molecule has 0 saturated carbocycles. The first-order chi connectivity index (χ1) is 9.66.